The van der Waals surface area contributed by atoms with Gasteiger partial charge in [0, 0.05) is 49.7 Å². The highest BCUT2D eigenvalue weighted by molar-refractivity contribution is 7.47. The predicted molar refractivity (Wildman–Crippen MR) is 128 cm³/mol. The molecule has 1 aromatic carbocycles. The van der Waals surface area contributed by atoms with Crippen molar-refractivity contribution in [3.63, 3.8) is 0 Å². The van der Waals surface area contributed by atoms with E-state index in [1.807, 2.05) is 0 Å². The average Bonchev–Trinajstić information content (AvgIpc) is 2.75. The number of nitrogens with two attached hydrogens (primary N) is 1. The van der Waals surface area contributed by atoms with Crippen LogP contribution in [0.15, 0.2) is 16.0 Å². The van der Waals surface area contributed by atoms with Gasteiger partial charge in [-0.1, -0.05) is 0 Å². The largest absolute Gasteiger partial charge is 0.507 e. The van der Waals surface area contributed by atoms with Crippen molar-refractivity contribution < 1.29 is 34.8 Å². The van der Waals surface area contributed by atoms with Crippen LogP contribution in [0.5, 0.6) is 5.75 Å². The summed E-state index contributed by atoms with van der Waals surface area (Å²) in [6.45, 7) is 0. The number of phenols is 1. The number of fused-ring (bicyclic) bond motifs is 3. The number of anilines is 1. The molecule has 4 rings (SSSR count). The molecule has 2 saturated carbocycles. The van der Waals surface area contributed by atoms with Crippen molar-refractivity contribution >= 4 is 47.0 Å². The average molecular weight is 505 g/mol. The van der Waals surface area contributed by atoms with Crippen LogP contribution < -0.4 is 10.6 Å². The molecule has 3 aliphatic rings. The molecular formula is C23H28N4O7S. The van der Waals surface area contributed by atoms with Crippen molar-refractivity contribution in [1.29, 1.82) is 0 Å². The van der Waals surface area contributed by atoms with Gasteiger partial charge in [-0.15, -0.1) is 0 Å². The topological polar surface area (TPSA) is 177 Å². The molecule has 12 heteroatoms. The summed E-state index contributed by atoms with van der Waals surface area (Å²) in [5.74, 6) is -7.91. The summed E-state index contributed by atoms with van der Waals surface area (Å²) in [7, 11) is 6.74. The number of amides is 1. The zero-order valence-electron chi connectivity index (χ0n) is 19.7. The Balaban J connectivity index is 1.97. The molecule has 6 atom stereocenters. The molecule has 0 heterocycles. The van der Waals surface area contributed by atoms with Crippen molar-refractivity contribution in [2.24, 2.45) is 27.9 Å². The molecular weight excluding hydrogens is 476 g/mol. The number of nitrogens with zero attached hydrogens (tertiary/aromatic N) is 3. The van der Waals surface area contributed by atoms with Crippen LogP contribution in [-0.2, 0) is 33.2 Å². The summed E-state index contributed by atoms with van der Waals surface area (Å²) in [4.78, 5) is 42.5. The number of hydrogen-bond donors (Lipinski definition) is 5. The monoisotopic (exact) mass is 504 g/mol. The van der Waals surface area contributed by atoms with Crippen LogP contribution in [0.25, 0.3) is 5.76 Å². The maximum absolute atomic E-state index is 13.8. The lowest BCUT2D eigenvalue weighted by molar-refractivity contribution is -0.184. The van der Waals surface area contributed by atoms with Gasteiger partial charge >= 0.3 is 0 Å². The van der Waals surface area contributed by atoms with E-state index in [1.165, 1.54) is 0 Å². The Morgan fingerprint density at radius 1 is 1.23 bits per heavy atom. The third-order valence-electron chi connectivity index (χ3n) is 7.63. The number of aliphatic hydroxyl groups is 3. The number of carbonyl (C=O) groups excluding carboxylic acids is 3. The van der Waals surface area contributed by atoms with Crippen molar-refractivity contribution in [3.05, 3.63) is 22.8 Å². The number of Topliss-reactive ketones (excluding diaryl/α,β-unsaturated/α-hetero) is 2. The fourth-order valence-corrected chi connectivity index (χ4v) is 6.25. The highest BCUT2D eigenvalue weighted by atomic mass is 32.1. The molecule has 0 spiro atoms. The minimum absolute atomic E-state index is 0.0197. The molecule has 0 radical (unpaired) electrons. The van der Waals surface area contributed by atoms with Gasteiger partial charge in [0.05, 0.1) is 11.7 Å². The molecule has 3 aliphatic carbocycles. The molecule has 6 N–H and O–H groups in total. The van der Waals surface area contributed by atoms with Gasteiger partial charge < -0.3 is 36.0 Å². The summed E-state index contributed by atoms with van der Waals surface area (Å²) >= 11 is 4.75. The summed E-state index contributed by atoms with van der Waals surface area (Å²) < 4.78 is 3.64. The lowest BCUT2D eigenvalue weighted by Crippen LogP contribution is -2.73. The number of rotatable bonds is 4. The zero-order valence-corrected chi connectivity index (χ0v) is 20.5. The Kier molecular flexibility index (Phi) is 5.99. The first-order valence-corrected chi connectivity index (χ1v) is 11.4. The molecule has 35 heavy (non-hydrogen) atoms. The second-order valence-corrected chi connectivity index (χ2v) is 10.1. The number of aliphatic hydroxyl groups excluding tert-OH is 2. The van der Waals surface area contributed by atoms with E-state index in [0.717, 1.165) is 0 Å². The maximum Gasteiger partial charge on any atom is 0.230 e. The van der Waals surface area contributed by atoms with Gasteiger partial charge in [0.1, 0.15) is 17.4 Å². The van der Waals surface area contributed by atoms with E-state index in [1.54, 1.807) is 44.1 Å². The van der Waals surface area contributed by atoms with E-state index in [9.17, 15) is 34.8 Å². The molecule has 2 fully saturated rings. The fraction of sp³-hybridized carbons (Fsp3) is 0.522. The summed E-state index contributed by atoms with van der Waals surface area (Å²) in [5, 5.41) is 44.5. The minimum Gasteiger partial charge on any atom is -0.507 e. The number of primary amides is 1. The smallest absolute Gasteiger partial charge is 0.230 e. The molecule has 0 bridgehead atoms. The first-order chi connectivity index (χ1) is 16.3. The van der Waals surface area contributed by atoms with E-state index in [-0.39, 0.29) is 29.7 Å². The Morgan fingerprint density at radius 3 is 2.37 bits per heavy atom. The third-order valence-corrected chi connectivity index (χ3v) is 7.82. The fourth-order valence-electron chi connectivity index (χ4n) is 6.11. The zero-order chi connectivity index (χ0) is 26.1. The van der Waals surface area contributed by atoms with Crippen molar-refractivity contribution in [1.82, 2.24) is 4.90 Å². The van der Waals surface area contributed by atoms with Crippen molar-refractivity contribution in [2.45, 2.75) is 30.6 Å². The van der Waals surface area contributed by atoms with E-state index in [0.29, 0.717) is 11.3 Å². The Labute approximate surface area is 207 Å². The van der Waals surface area contributed by atoms with Crippen LogP contribution >= 0.6 is 0 Å². The van der Waals surface area contributed by atoms with Gasteiger partial charge in [-0.2, -0.15) is 4.36 Å². The number of ketones is 2. The molecule has 188 valence electrons. The van der Waals surface area contributed by atoms with Gasteiger partial charge in [0.15, 0.2) is 17.1 Å². The second-order valence-electron chi connectivity index (χ2n) is 9.89. The van der Waals surface area contributed by atoms with Crippen LogP contribution in [0.4, 0.5) is 11.4 Å². The van der Waals surface area contributed by atoms with Gasteiger partial charge in [0.25, 0.3) is 0 Å². The van der Waals surface area contributed by atoms with Gasteiger partial charge in [-0.05, 0) is 44.5 Å². The first kappa shape index (κ1) is 25.2. The van der Waals surface area contributed by atoms with Gasteiger partial charge in [-0.3, -0.25) is 14.4 Å². The van der Waals surface area contributed by atoms with Crippen LogP contribution in [0.1, 0.15) is 17.5 Å². The maximum atomic E-state index is 13.8. The summed E-state index contributed by atoms with van der Waals surface area (Å²) in [6, 6.07) is 0.640. The summed E-state index contributed by atoms with van der Waals surface area (Å²) in [6.07, 6.45) is -1.27. The number of carbonyl (C=O) groups is 3. The summed E-state index contributed by atoms with van der Waals surface area (Å²) in [5.41, 5.74) is 3.62. The molecule has 0 aromatic heterocycles. The van der Waals surface area contributed by atoms with E-state index >= 15 is 0 Å². The Bertz CT molecular complexity index is 1200. The predicted octanol–water partition coefficient (Wildman–Crippen LogP) is -0.443. The highest BCUT2D eigenvalue weighted by Crippen LogP contribution is 2.54. The number of phenolic OH excluding ortho intramolecular Hbond substituents is 1. The third kappa shape index (κ3) is 3.31. The SMILES string of the molecule is CN(C)c1cc(N=S)c(O)c2c1C[C@H]1C[C@H]3[C@H](N(C)C)C(O)C(C(N)=O)C(=O)[C@@]3(O)C(=O)C1=C2O. The Hall–Kier alpha value is -2.93. The van der Waals surface area contributed by atoms with E-state index in [4.69, 9.17) is 18.2 Å². The molecule has 1 aromatic rings. The van der Waals surface area contributed by atoms with Gasteiger partial charge in [0.2, 0.25) is 11.7 Å². The van der Waals surface area contributed by atoms with E-state index < -0.39 is 64.5 Å². The normalized spacial score (nSPS) is 32.1. The standard InChI is InChI=1S/C23H28N4O7S/c1-26(2)12-7-11(25-35)17(28)14-9(12)5-8-6-10-16(27(3)4)19(30)15(22(24)33)21(32)23(10,34)20(31)13(8)18(14)29/h7-8,10,15-16,19,28-30,34H,5-6H2,1-4H3,(H2,24,33)/t8-,10-,15?,16-,19?,23-/m0/s1. The lowest BCUT2D eigenvalue weighted by atomic mass is 9.54. The molecule has 11 nitrogen and oxygen atoms in total. The highest BCUT2D eigenvalue weighted by Gasteiger charge is 2.67. The molecule has 0 aliphatic heterocycles. The van der Waals surface area contributed by atoms with Crippen LogP contribution in [-0.4, -0.2) is 88.7 Å². The van der Waals surface area contributed by atoms with Crippen molar-refractivity contribution in [3.8, 4) is 5.75 Å². The van der Waals surface area contributed by atoms with Gasteiger partial charge in [-0.25, -0.2) is 0 Å². The number of likely N-dealkylation sites (N-methyl/N-ethyl adjacent to an activating group) is 1. The van der Waals surface area contributed by atoms with Crippen LogP contribution in [0, 0.1) is 17.8 Å². The van der Waals surface area contributed by atoms with Crippen LogP contribution in [0.2, 0.25) is 0 Å². The van der Waals surface area contributed by atoms with Crippen molar-refractivity contribution in [2.75, 3.05) is 33.1 Å². The minimum atomic E-state index is -2.69. The van der Waals surface area contributed by atoms with E-state index in [2.05, 4.69) is 4.36 Å². The molecule has 0 saturated heterocycles. The molecule has 2 unspecified atom stereocenters. The number of benzene rings is 1. The second kappa shape index (κ2) is 8.33. The Morgan fingerprint density at radius 2 is 1.86 bits per heavy atom. The number of aromatic hydroxyl groups is 1. The quantitative estimate of drug-likeness (QED) is 0.338. The van der Waals surface area contributed by atoms with Crippen LogP contribution in [0.3, 0.4) is 0 Å². The first-order valence-electron chi connectivity index (χ1n) is 11.1. The lowest BCUT2D eigenvalue weighted by Gasteiger charge is -2.53. The molecule has 1 amide bonds. The number of hydrogen-bond acceptors (Lipinski definition) is 11.